The van der Waals surface area contributed by atoms with Crippen molar-refractivity contribution in [3.05, 3.63) is 83.7 Å². The fourth-order valence-electron chi connectivity index (χ4n) is 3.05. The third-order valence-corrected chi connectivity index (χ3v) is 4.53. The molecule has 1 heterocycles. The Balaban J connectivity index is 1.70. The first kappa shape index (κ1) is 19.4. The maximum atomic E-state index is 12.9. The lowest BCUT2D eigenvalue weighted by Crippen LogP contribution is -2.31. The van der Waals surface area contributed by atoms with Crippen molar-refractivity contribution in [1.29, 1.82) is 0 Å². The second kappa shape index (κ2) is 9.04. The first-order valence-corrected chi connectivity index (χ1v) is 9.32. The van der Waals surface area contributed by atoms with Gasteiger partial charge in [-0.2, -0.15) is 0 Å². The van der Waals surface area contributed by atoms with Crippen molar-refractivity contribution in [2.75, 3.05) is 23.9 Å². The molecule has 0 aliphatic rings. The highest BCUT2D eigenvalue weighted by atomic mass is 16.5. The second-order valence-electron chi connectivity index (χ2n) is 6.49. The number of pyridine rings is 1. The van der Waals surface area contributed by atoms with Crippen LogP contribution in [-0.4, -0.2) is 24.5 Å². The van der Waals surface area contributed by atoms with E-state index in [2.05, 4.69) is 10.3 Å². The molecular formula is C23H25N3O2. The number of aryl methyl sites for hydroxylation is 1. The summed E-state index contributed by atoms with van der Waals surface area (Å²) < 4.78 is 5.37. The Labute approximate surface area is 166 Å². The lowest BCUT2D eigenvalue weighted by Gasteiger charge is -2.21. The van der Waals surface area contributed by atoms with Crippen LogP contribution < -0.4 is 15.0 Å². The van der Waals surface area contributed by atoms with Crippen LogP contribution in [0.1, 0.15) is 28.5 Å². The average Bonchev–Trinajstić information content (AvgIpc) is 2.73. The van der Waals surface area contributed by atoms with E-state index < -0.39 is 0 Å². The number of methoxy groups -OCH3 is 1. The number of anilines is 2. The molecular weight excluding hydrogens is 350 g/mol. The minimum Gasteiger partial charge on any atom is -0.496 e. The predicted molar refractivity (Wildman–Crippen MR) is 113 cm³/mol. The van der Waals surface area contributed by atoms with Gasteiger partial charge in [-0.3, -0.25) is 4.79 Å². The van der Waals surface area contributed by atoms with Crippen molar-refractivity contribution in [3.63, 3.8) is 0 Å². The van der Waals surface area contributed by atoms with E-state index in [1.54, 1.807) is 24.3 Å². The molecule has 0 fully saturated rings. The number of para-hydroxylation sites is 1. The molecule has 0 aliphatic heterocycles. The third-order valence-electron chi connectivity index (χ3n) is 4.53. The first-order valence-electron chi connectivity index (χ1n) is 9.32. The van der Waals surface area contributed by atoms with Crippen LogP contribution in [0.4, 0.5) is 11.4 Å². The molecule has 3 rings (SSSR count). The van der Waals surface area contributed by atoms with Crippen molar-refractivity contribution < 1.29 is 9.53 Å². The van der Waals surface area contributed by atoms with Crippen molar-refractivity contribution in [2.45, 2.75) is 20.4 Å². The number of hydrogen-bond donors (Lipinski definition) is 1. The number of hydrogen-bond acceptors (Lipinski definition) is 4. The van der Waals surface area contributed by atoms with Gasteiger partial charge in [-0.15, -0.1) is 0 Å². The molecule has 144 valence electrons. The smallest absolute Gasteiger partial charge is 0.276 e. The molecule has 1 N–H and O–H groups in total. The summed E-state index contributed by atoms with van der Waals surface area (Å²) in [5.41, 5.74) is 4.33. The summed E-state index contributed by atoms with van der Waals surface area (Å²) in [6, 6.07) is 19.4. The molecule has 0 saturated heterocycles. The van der Waals surface area contributed by atoms with Gasteiger partial charge in [0.1, 0.15) is 11.4 Å². The molecule has 5 heteroatoms. The zero-order valence-electron chi connectivity index (χ0n) is 16.5. The highest BCUT2D eigenvalue weighted by molar-refractivity contribution is 6.04. The van der Waals surface area contributed by atoms with E-state index in [0.29, 0.717) is 18.8 Å². The van der Waals surface area contributed by atoms with Crippen LogP contribution in [0.25, 0.3) is 0 Å². The van der Waals surface area contributed by atoms with Crippen molar-refractivity contribution in [3.8, 4) is 5.75 Å². The molecule has 5 nitrogen and oxygen atoms in total. The monoisotopic (exact) mass is 375 g/mol. The summed E-state index contributed by atoms with van der Waals surface area (Å²) in [6.45, 7) is 5.17. The zero-order chi connectivity index (χ0) is 19.9. The fourth-order valence-corrected chi connectivity index (χ4v) is 3.05. The van der Waals surface area contributed by atoms with Gasteiger partial charge in [-0.25, -0.2) is 4.98 Å². The Morgan fingerprint density at radius 2 is 1.93 bits per heavy atom. The normalized spacial score (nSPS) is 10.4. The number of carbonyl (C=O) groups is 1. The van der Waals surface area contributed by atoms with E-state index in [4.69, 9.17) is 4.74 Å². The van der Waals surface area contributed by atoms with Crippen LogP contribution in [0.5, 0.6) is 5.75 Å². The molecule has 1 aromatic heterocycles. The lowest BCUT2D eigenvalue weighted by molar-refractivity contribution is 0.0983. The summed E-state index contributed by atoms with van der Waals surface area (Å²) in [4.78, 5) is 19.0. The molecule has 3 aromatic rings. The van der Waals surface area contributed by atoms with Gasteiger partial charge in [0, 0.05) is 24.3 Å². The number of aromatic nitrogens is 1. The van der Waals surface area contributed by atoms with Crippen LogP contribution in [0.2, 0.25) is 0 Å². The highest BCUT2D eigenvalue weighted by Gasteiger charge is 2.17. The van der Waals surface area contributed by atoms with Crippen LogP contribution in [-0.2, 0) is 6.54 Å². The number of benzene rings is 2. The molecule has 0 radical (unpaired) electrons. The predicted octanol–water partition coefficient (Wildman–Crippen LogP) is 4.68. The van der Waals surface area contributed by atoms with Crippen LogP contribution >= 0.6 is 0 Å². The zero-order valence-corrected chi connectivity index (χ0v) is 16.5. The largest absolute Gasteiger partial charge is 0.496 e. The van der Waals surface area contributed by atoms with Crippen LogP contribution in [0.3, 0.4) is 0 Å². The fraction of sp³-hybridized carbons (Fsp3) is 0.217. The Bertz CT molecular complexity index is 939. The number of nitrogens with zero attached hydrogens (tertiary/aromatic N) is 2. The quantitative estimate of drug-likeness (QED) is 0.652. The van der Waals surface area contributed by atoms with E-state index in [1.807, 2.05) is 68.4 Å². The molecule has 0 saturated carbocycles. The molecule has 0 atom stereocenters. The molecule has 0 spiro atoms. The number of carbonyl (C=O) groups excluding carboxylic acids is 1. The Morgan fingerprint density at radius 1 is 1.11 bits per heavy atom. The van der Waals surface area contributed by atoms with E-state index in [1.165, 1.54) is 0 Å². The SMILES string of the molecule is CCN(C(=O)c1ccc(NCc2ccccc2OC)cn1)c1cccc(C)c1. The van der Waals surface area contributed by atoms with Gasteiger partial charge in [-0.05, 0) is 49.7 Å². The van der Waals surface area contributed by atoms with Crippen molar-refractivity contribution in [1.82, 2.24) is 4.98 Å². The maximum absolute atomic E-state index is 12.9. The van der Waals surface area contributed by atoms with Gasteiger partial charge < -0.3 is 15.0 Å². The van der Waals surface area contributed by atoms with Gasteiger partial charge in [-0.1, -0.05) is 30.3 Å². The molecule has 0 unspecified atom stereocenters. The summed E-state index contributed by atoms with van der Waals surface area (Å²) in [5, 5.41) is 3.32. The van der Waals surface area contributed by atoms with Gasteiger partial charge in [0.15, 0.2) is 0 Å². The highest BCUT2D eigenvalue weighted by Crippen LogP contribution is 2.20. The summed E-state index contributed by atoms with van der Waals surface area (Å²) in [6.07, 6.45) is 1.69. The van der Waals surface area contributed by atoms with E-state index >= 15 is 0 Å². The van der Waals surface area contributed by atoms with E-state index in [-0.39, 0.29) is 5.91 Å². The van der Waals surface area contributed by atoms with Gasteiger partial charge in [0.05, 0.1) is 19.0 Å². The second-order valence-corrected chi connectivity index (χ2v) is 6.49. The minimum absolute atomic E-state index is 0.107. The third kappa shape index (κ3) is 4.49. The van der Waals surface area contributed by atoms with Crippen molar-refractivity contribution in [2.24, 2.45) is 0 Å². The van der Waals surface area contributed by atoms with E-state index in [9.17, 15) is 4.79 Å². The number of ether oxygens (including phenoxy) is 1. The van der Waals surface area contributed by atoms with Gasteiger partial charge in [0.25, 0.3) is 5.91 Å². The average molecular weight is 375 g/mol. The van der Waals surface area contributed by atoms with Crippen molar-refractivity contribution >= 4 is 17.3 Å². The molecule has 2 aromatic carbocycles. The standard InChI is InChI=1S/C23H25N3O2/c1-4-26(20-10-7-8-17(2)14-20)23(27)21-13-12-19(16-25-21)24-15-18-9-5-6-11-22(18)28-3/h5-14,16,24H,4,15H2,1-3H3. The Morgan fingerprint density at radius 3 is 2.61 bits per heavy atom. The number of rotatable bonds is 7. The maximum Gasteiger partial charge on any atom is 0.276 e. The minimum atomic E-state index is -0.107. The summed E-state index contributed by atoms with van der Waals surface area (Å²) >= 11 is 0. The molecule has 0 bridgehead atoms. The van der Waals surface area contributed by atoms with Crippen LogP contribution in [0, 0.1) is 6.92 Å². The van der Waals surface area contributed by atoms with Crippen LogP contribution in [0.15, 0.2) is 66.9 Å². The summed E-state index contributed by atoms with van der Waals surface area (Å²) in [7, 11) is 1.66. The number of amides is 1. The molecule has 0 aliphatic carbocycles. The first-order chi connectivity index (χ1) is 13.6. The topological polar surface area (TPSA) is 54.5 Å². The Kier molecular flexibility index (Phi) is 6.27. The van der Waals surface area contributed by atoms with E-state index in [0.717, 1.165) is 28.3 Å². The number of nitrogens with one attached hydrogen (secondary N) is 1. The summed E-state index contributed by atoms with van der Waals surface area (Å²) in [5.74, 6) is 0.732. The molecule has 28 heavy (non-hydrogen) atoms. The van der Waals surface area contributed by atoms with Gasteiger partial charge >= 0.3 is 0 Å². The molecule has 1 amide bonds. The van der Waals surface area contributed by atoms with Gasteiger partial charge in [0.2, 0.25) is 0 Å². The lowest BCUT2D eigenvalue weighted by atomic mass is 10.2. The Hall–Kier alpha value is -3.34.